The fourth-order valence-corrected chi connectivity index (χ4v) is 2.46. The highest BCUT2D eigenvalue weighted by molar-refractivity contribution is 6.06. The first-order chi connectivity index (χ1) is 10.0. The van der Waals surface area contributed by atoms with Crippen LogP contribution in [0.1, 0.15) is 5.56 Å². The molecule has 0 fully saturated rings. The Morgan fingerprint density at radius 3 is 2.67 bits per heavy atom. The number of fused-ring (bicyclic) bond motifs is 3. The first kappa shape index (κ1) is 13.5. The molecular weight excluding hydrogens is 282 g/mol. The lowest BCUT2D eigenvalue weighted by atomic mass is 10.0. The number of halogens is 2. The number of rotatable bonds is 2. The molecule has 1 heterocycles. The molecule has 6 heteroatoms. The number of phenolic OH excluding ortho intramolecular Hbond substituents is 1. The number of aliphatic hydroxyl groups is 1. The van der Waals surface area contributed by atoms with E-state index in [-0.39, 0.29) is 29.2 Å². The monoisotopic (exact) mass is 292 g/mol. The Morgan fingerprint density at radius 2 is 1.95 bits per heavy atom. The van der Waals surface area contributed by atoms with Gasteiger partial charge in [0.25, 0.3) is 0 Å². The molecule has 2 N–H and O–H groups in total. The van der Waals surface area contributed by atoms with E-state index >= 15 is 0 Å². The molecule has 4 nitrogen and oxygen atoms in total. The minimum absolute atomic E-state index is 0.100. The second kappa shape index (κ2) is 4.82. The summed E-state index contributed by atoms with van der Waals surface area (Å²) < 4.78 is 32.8. The molecule has 0 atom stereocenters. The van der Waals surface area contributed by atoms with Gasteiger partial charge in [-0.1, -0.05) is 18.2 Å². The zero-order valence-electron chi connectivity index (χ0n) is 10.7. The van der Waals surface area contributed by atoms with Crippen molar-refractivity contribution in [3.8, 4) is 5.75 Å². The molecule has 0 aliphatic heterocycles. The largest absolute Gasteiger partial charge is 0.505 e. The topological polar surface area (TPSA) is 70.7 Å². The zero-order valence-corrected chi connectivity index (χ0v) is 10.7. The average molecular weight is 292 g/mol. The van der Waals surface area contributed by atoms with E-state index < -0.39 is 28.6 Å². The van der Waals surface area contributed by atoms with E-state index in [1.165, 1.54) is 6.07 Å². The molecule has 3 aromatic rings. The van der Waals surface area contributed by atoms with E-state index in [0.717, 1.165) is 0 Å². The predicted molar refractivity (Wildman–Crippen MR) is 72.4 cm³/mol. The van der Waals surface area contributed by atoms with Crippen LogP contribution in [0.15, 0.2) is 33.5 Å². The molecule has 0 saturated heterocycles. The van der Waals surface area contributed by atoms with Crippen LogP contribution in [0, 0.1) is 11.6 Å². The van der Waals surface area contributed by atoms with Gasteiger partial charge in [-0.2, -0.15) is 4.39 Å². The molecule has 0 aliphatic rings. The summed E-state index contributed by atoms with van der Waals surface area (Å²) in [5, 5.41) is 18.4. The first-order valence-corrected chi connectivity index (χ1v) is 6.21. The van der Waals surface area contributed by atoms with Gasteiger partial charge in [0.2, 0.25) is 5.82 Å². The van der Waals surface area contributed by atoms with Gasteiger partial charge in [0.1, 0.15) is 5.82 Å². The van der Waals surface area contributed by atoms with Crippen LogP contribution in [-0.4, -0.2) is 16.8 Å². The minimum Gasteiger partial charge on any atom is -0.505 e. The van der Waals surface area contributed by atoms with Crippen molar-refractivity contribution in [1.29, 1.82) is 0 Å². The fraction of sp³-hybridized carbons (Fsp3) is 0.133. The Labute approximate surface area is 116 Å². The molecule has 0 spiro atoms. The van der Waals surface area contributed by atoms with Crippen LogP contribution >= 0.6 is 0 Å². The molecule has 0 saturated carbocycles. The minimum atomic E-state index is -1.18. The number of benzene rings is 2. The van der Waals surface area contributed by atoms with Gasteiger partial charge in [-0.3, -0.25) is 0 Å². The lowest BCUT2D eigenvalue weighted by Gasteiger charge is -2.08. The van der Waals surface area contributed by atoms with Crippen molar-refractivity contribution in [2.75, 3.05) is 6.61 Å². The van der Waals surface area contributed by atoms with Crippen molar-refractivity contribution in [2.24, 2.45) is 0 Å². The standard InChI is InChI=1S/C15H10F2O4/c16-9-6-10(19)13(17)14-12(9)8-3-1-2-7(4-5-18)11(8)15(20)21-14/h1-3,6,18-19H,4-5H2. The predicted octanol–water partition coefficient (Wildman–Crippen LogP) is 2.46. The molecule has 3 rings (SSSR count). The molecule has 108 valence electrons. The summed E-state index contributed by atoms with van der Waals surface area (Å²) in [5.74, 6) is -2.99. The Bertz CT molecular complexity index is 915. The highest BCUT2D eigenvalue weighted by Gasteiger charge is 2.19. The molecule has 0 radical (unpaired) electrons. The van der Waals surface area contributed by atoms with Crippen LogP contribution < -0.4 is 5.63 Å². The summed E-state index contributed by atoms with van der Waals surface area (Å²) in [5.41, 5.74) is -0.977. The van der Waals surface area contributed by atoms with Crippen molar-refractivity contribution < 1.29 is 23.4 Å². The molecular formula is C15H10F2O4. The van der Waals surface area contributed by atoms with Crippen molar-refractivity contribution in [1.82, 2.24) is 0 Å². The van der Waals surface area contributed by atoms with E-state index in [1.54, 1.807) is 12.1 Å². The van der Waals surface area contributed by atoms with Crippen molar-refractivity contribution in [3.63, 3.8) is 0 Å². The van der Waals surface area contributed by atoms with Gasteiger partial charge in [-0.05, 0) is 12.0 Å². The van der Waals surface area contributed by atoms with E-state index in [1.807, 2.05) is 0 Å². The lowest BCUT2D eigenvalue weighted by molar-refractivity contribution is 0.300. The maximum absolute atomic E-state index is 14.1. The second-order valence-corrected chi connectivity index (χ2v) is 4.60. The third-order valence-corrected chi connectivity index (χ3v) is 3.35. The second-order valence-electron chi connectivity index (χ2n) is 4.60. The lowest BCUT2D eigenvalue weighted by Crippen LogP contribution is -2.06. The summed E-state index contributed by atoms with van der Waals surface area (Å²) >= 11 is 0. The van der Waals surface area contributed by atoms with E-state index in [0.29, 0.717) is 11.6 Å². The number of aliphatic hydroxyl groups excluding tert-OH is 1. The van der Waals surface area contributed by atoms with E-state index in [4.69, 9.17) is 9.52 Å². The molecule has 0 bridgehead atoms. The van der Waals surface area contributed by atoms with E-state index in [9.17, 15) is 18.7 Å². The quantitative estimate of drug-likeness (QED) is 0.562. The molecule has 1 aromatic heterocycles. The Balaban J connectivity index is 2.59. The zero-order chi connectivity index (χ0) is 15.1. The Morgan fingerprint density at radius 1 is 1.19 bits per heavy atom. The third kappa shape index (κ3) is 1.95. The smallest absolute Gasteiger partial charge is 0.344 e. The van der Waals surface area contributed by atoms with Crippen LogP contribution in [0.4, 0.5) is 8.78 Å². The molecule has 0 unspecified atom stereocenters. The van der Waals surface area contributed by atoms with Crippen molar-refractivity contribution in [2.45, 2.75) is 6.42 Å². The molecule has 0 amide bonds. The summed E-state index contributed by atoms with van der Waals surface area (Å²) in [6.45, 7) is -0.191. The Kier molecular flexibility index (Phi) is 3.10. The van der Waals surface area contributed by atoms with Crippen LogP contribution in [0.5, 0.6) is 5.75 Å². The molecule has 0 aliphatic carbocycles. The fourth-order valence-electron chi connectivity index (χ4n) is 2.46. The average Bonchev–Trinajstić information content (AvgIpc) is 2.45. The number of hydrogen-bond acceptors (Lipinski definition) is 4. The van der Waals surface area contributed by atoms with Crippen LogP contribution in [0.2, 0.25) is 0 Å². The highest BCUT2D eigenvalue weighted by atomic mass is 19.1. The maximum Gasteiger partial charge on any atom is 0.344 e. The number of aromatic hydroxyl groups is 1. The van der Waals surface area contributed by atoms with Crippen LogP contribution in [0.3, 0.4) is 0 Å². The van der Waals surface area contributed by atoms with Gasteiger partial charge in [0.15, 0.2) is 11.3 Å². The van der Waals surface area contributed by atoms with Gasteiger partial charge in [-0.15, -0.1) is 0 Å². The van der Waals surface area contributed by atoms with Gasteiger partial charge in [-0.25, -0.2) is 9.18 Å². The van der Waals surface area contributed by atoms with E-state index in [2.05, 4.69) is 0 Å². The molecule has 2 aromatic carbocycles. The highest BCUT2D eigenvalue weighted by Crippen LogP contribution is 2.32. The summed E-state index contributed by atoms with van der Waals surface area (Å²) in [6, 6.07) is 5.29. The van der Waals surface area contributed by atoms with Gasteiger partial charge >= 0.3 is 5.63 Å². The van der Waals surface area contributed by atoms with Crippen LogP contribution in [0.25, 0.3) is 21.7 Å². The summed E-state index contributed by atoms with van der Waals surface area (Å²) in [6.07, 6.45) is 0.190. The summed E-state index contributed by atoms with van der Waals surface area (Å²) in [7, 11) is 0. The van der Waals surface area contributed by atoms with Crippen molar-refractivity contribution in [3.05, 3.63) is 51.9 Å². The number of phenols is 1. The maximum atomic E-state index is 14.1. The Hall–Kier alpha value is -2.47. The van der Waals surface area contributed by atoms with Gasteiger partial charge < -0.3 is 14.6 Å². The number of hydrogen-bond donors (Lipinski definition) is 2. The molecule has 21 heavy (non-hydrogen) atoms. The normalized spacial score (nSPS) is 11.4. The van der Waals surface area contributed by atoms with Gasteiger partial charge in [0.05, 0.1) is 10.8 Å². The SMILES string of the molecule is O=c1oc2c(F)c(O)cc(F)c2c2cccc(CCO)c12. The summed E-state index contributed by atoms with van der Waals surface area (Å²) in [4.78, 5) is 12.0. The first-order valence-electron chi connectivity index (χ1n) is 6.21. The van der Waals surface area contributed by atoms with Gasteiger partial charge in [0, 0.05) is 18.1 Å². The van der Waals surface area contributed by atoms with Crippen molar-refractivity contribution >= 4 is 21.7 Å². The van der Waals surface area contributed by atoms with Crippen LogP contribution in [-0.2, 0) is 6.42 Å². The third-order valence-electron chi connectivity index (χ3n) is 3.35.